The molecule has 0 heterocycles. The van der Waals surface area contributed by atoms with Crippen molar-refractivity contribution in [2.24, 2.45) is 0 Å². The zero-order chi connectivity index (χ0) is 30.3. The minimum atomic E-state index is -4.23. The highest BCUT2D eigenvalue weighted by molar-refractivity contribution is 7.92. The second-order valence-corrected chi connectivity index (χ2v) is 12.6. The Bertz CT molecular complexity index is 1470. The highest BCUT2D eigenvalue weighted by Gasteiger charge is 2.34. The molecule has 3 aromatic carbocycles. The number of carbonyl (C=O) groups excluding carboxylic acids is 2. The van der Waals surface area contributed by atoms with Crippen molar-refractivity contribution in [3.05, 3.63) is 87.4 Å². The summed E-state index contributed by atoms with van der Waals surface area (Å²) in [5.74, 6) is -0.464. The zero-order valence-corrected chi connectivity index (χ0v) is 26.2. The van der Waals surface area contributed by atoms with Crippen LogP contribution in [-0.4, -0.2) is 50.9 Å². The monoisotopic (exact) mass is 639 g/mol. The largest absolute Gasteiger partial charge is 0.497 e. The summed E-state index contributed by atoms with van der Waals surface area (Å²) in [6.45, 7) is 4.84. The van der Waals surface area contributed by atoms with E-state index in [1.165, 1.54) is 60.5 Å². The third-order valence-corrected chi connectivity index (χ3v) is 8.97. The molecule has 0 aliphatic heterocycles. The quantitative estimate of drug-likeness (QED) is 0.255. The Labute approximate surface area is 256 Å². The maximum Gasteiger partial charge on any atom is 0.264 e. The van der Waals surface area contributed by atoms with Crippen LogP contribution in [0.3, 0.4) is 0 Å². The summed E-state index contributed by atoms with van der Waals surface area (Å²) in [5, 5.41) is 3.89. The van der Waals surface area contributed by atoms with E-state index >= 15 is 0 Å². The predicted molar refractivity (Wildman–Crippen MR) is 163 cm³/mol. The van der Waals surface area contributed by atoms with Gasteiger partial charge in [0.25, 0.3) is 10.0 Å². The highest BCUT2D eigenvalue weighted by atomic mass is 35.5. The topological polar surface area (TPSA) is 96.0 Å². The highest BCUT2D eigenvalue weighted by Crippen LogP contribution is 2.28. The standard InChI is InChI=1S/C29H32Cl3N3O5S/c1-5-27(29(37)33-19(2)3)34(17-20-6-15-25(31)26(32)16-20)28(36)18-35(22-9-7-21(30)8-10-22)41(38,39)24-13-11-23(40-4)12-14-24/h6-16,19,27H,5,17-18H2,1-4H3,(H,33,37)/t27-/m0/s1. The minimum absolute atomic E-state index is 0.00319. The van der Waals surface area contributed by atoms with E-state index in [-0.39, 0.29) is 35.5 Å². The number of carbonyl (C=O) groups is 2. The number of methoxy groups -OCH3 is 1. The molecule has 0 saturated carbocycles. The summed E-state index contributed by atoms with van der Waals surface area (Å²) >= 11 is 18.4. The first-order valence-corrected chi connectivity index (χ1v) is 15.4. The molecule has 0 fully saturated rings. The summed E-state index contributed by atoms with van der Waals surface area (Å²) in [5.41, 5.74) is 0.854. The van der Waals surface area contributed by atoms with Crippen LogP contribution in [0.1, 0.15) is 32.8 Å². The van der Waals surface area contributed by atoms with E-state index in [0.29, 0.717) is 26.4 Å². The number of amides is 2. The maximum absolute atomic E-state index is 14.1. The molecule has 3 aromatic rings. The van der Waals surface area contributed by atoms with E-state index in [0.717, 1.165) is 4.31 Å². The third kappa shape index (κ3) is 8.29. The lowest BCUT2D eigenvalue weighted by Gasteiger charge is -2.33. The van der Waals surface area contributed by atoms with Crippen LogP contribution in [0.2, 0.25) is 15.1 Å². The normalized spacial score (nSPS) is 12.1. The van der Waals surface area contributed by atoms with E-state index < -0.39 is 28.5 Å². The molecule has 0 unspecified atom stereocenters. The fraction of sp³-hybridized carbons (Fsp3) is 0.310. The van der Waals surface area contributed by atoms with Crippen molar-refractivity contribution in [2.75, 3.05) is 18.0 Å². The summed E-state index contributed by atoms with van der Waals surface area (Å²) < 4.78 is 34.0. The fourth-order valence-corrected chi connectivity index (χ4v) is 6.01. The van der Waals surface area contributed by atoms with Gasteiger partial charge in [0.2, 0.25) is 11.8 Å². The van der Waals surface area contributed by atoms with Gasteiger partial charge in [0.15, 0.2) is 0 Å². The number of halogens is 3. The molecule has 1 N–H and O–H groups in total. The first-order valence-electron chi connectivity index (χ1n) is 12.8. The summed E-state index contributed by atoms with van der Waals surface area (Å²) in [6.07, 6.45) is 0.289. The summed E-state index contributed by atoms with van der Waals surface area (Å²) in [4.78, 5) is 28.6. The van der Waals surface area contributed by atoms with E-state index in [1.807, 2.05) is 13.8 Å². The first kappa shape index (κ1) is 32.5. The fourth-order valence-electron chi connectivity index (χ4n) is 4.15. The Hall–Kier alpha value is -2.98. The molecule has 0 aromatic heterocycles. The van der Waals surface area contributed by atoms with Crippen LogP contribution in [0.25, 0.3) is 0 Å². The first-order chi connectivity index (χ1) is 19.4. The van der Waals surface area contributed by atoms with Gasteiger partial charge in [-0.3, -0.25) is 13.9 Å². The van der Waals surface area contributed by atoms with Crippen molar-refractivity contribution in [1.82, 2.24) is 10.2 Å². The van der Waals surface area contributed by atoms with Gasteiger partial charge >= 0.3 is 0 Å². The van der Waals surface area contributed by atoms with Crippen LogP contribution in [0.15, 0.2) is 71.6 Å². The molecule has 0 spiro atoms. The Morgan fingerprint density at radius 2 is 1.56 bits per heavy atom. The van der Waals surface area contributed by atoms with Crippen molar-refractivity contribution in [3.8, 4) is 5.75 Å². The minimum Gasteiger partial charge on any atom is -0.497 e. The van der Waals surface area contributed by atoms with Gasteiger partial charge in [0, 0.05) is 17.6 Å². The smallest absolute Gasteiger partial charge is 0.264 e. The van der Waals surface area contributed by atoms with Crippen molar-refractivity contribution in [2.45, 2.75) is 50.7 Å². The number of benzene rings is 3. The van der Waals surface area contributed by atoms with Gasteiger partial charge in [-0.05, 0) is 86.5 Å². The molecule has 41 heavy (non-hydrogen) atoms. The molecule has 0 saturated heterocycles. The lowest BCUT2D eigenvalue weighted by molar-refractivity contribution is -0.140. The summed E-state index contributed by atoms with van der Waals surface area (Å²) in [6, 6.07) is 15.8. The Morgan fingerprint density at radius 1 is 0.927 bits per heavy atom. The number of ether oxygens (including phenoxy) is 1. The van der Waals surface area contributed by atoms with Gasteiger partial charge in [-0.15, -0.1) is 0 Å². The average molecular weight is 641 g/mol. The molecule has 0 aliphatic rings. The average Bonchev–Trinajstić information content (AvgIpc) is 2.93. The van der Waals surface area contributed by atoms with Crippen LogP contribution in [0.4, 0.5) is 5.69 Å². The van der Waals surface area contributed by atoms with Crippen LogP contribution in [-0.2, 0) is 26.2 Å². The van der Waals surface area contributed by atoms with Crippen LogP contribution >= 0.6 is 34.8 Å². The molecule has 1 atom stereocenters. The Kier molecular flexibility index (Phi) is 11.3. The molecule has 2 amide bonds. The van der Waals surface area contributed by atoms with Gasteiger partial charge in [0.1, 0.15) is 18.3 Å². The molecule has 3 rings (SSSR count). The number of sulfonamides is 1. The van der Waals surface area contributed by atoms with Crippen molar-refractivity contribution < 1.29 is 22.7 Å². The van der Waals surface area contributed by atoms with Crippen molar-refractivity contribution in [3.63, 3.8) is 0 Å². The van der Waals surface area contributed by atoms with Crippen molar-refractivity contribution >= 4 is 62.3 Å². The number of nitrogens with zero attached hydrogens (tertiary/aromatic N) is 2. The molecule has 220 valence electrons. The van der Waals surface area contributed by atoms with E-state index in [2.05, 4.69) is 5.32 Å². The molecule has 12 heteroatoms. The molecule has 0 aliphatic carbocycles. The number of hydrogen-bond donors (Lipinski definition) is 1. The van der Waals surface area contributed by atoms with Crippen LogP contribution < -0.4 is 14.4 Å². The lowest BCUT2D eigenvalue weighted by Crippen LogP contribution is -2.53. The van der Waals surface area contributed by atoms with Gasteiger partial charge in [-0.1, -0.05) is 47.8 Å². The second-order valence-electron chi connectivity index (χ2n) is 9.52. The zero-order valence-electron chi connectivity index (χ0n) is 23.1. The molecule has 8 nitrogen and oxygen atoms in total. The van der Waals surface area contributed by atoms with Gasteiger partial charge in [0.05, 0.1) is 27.7 Å². The SMILES string of the molecule is CC[C@@H](C(=O)NC(C)C)N(Cc1ccc(Cl)c(Cl)c1)C(=O)CN(c1ccc(Cl)cc1)S(=O)(=O)c1ccc(OC)cc1. The lowest BCUT2D eigenvalue weighted by atomic mass is 10.1. The van der Waals surface area contributed by atoms with Crippen molar-refractivity contribution in [1.29, 1.82) is 0 Å². The predicted octanol–water partition coefficient (Wildman–Crippen LogP) is 6.18. The molecule has 0 radical (unpaired) electrons. The molecular weight excluding hydrogens is 609 g/mol. The Balaban J connectivity index is 2.07. The van der Waals surface area contributed by atoms with Crippen LogP contribution in [0, 0.1) is 0 Å². The van der Waals surface area contributed by atoms with Gasteiger partial charge in [-0.25, -0.2) is 8.42 Å². The second kappa shape index (κ2) is 14.3. The van der Waals surface area contributed by atoms with E-state index in [1.54, 1.807) is 25.1 Å². The number of anilines is 1. The Morgan fingerprint density at radius 3 is 2.10 bits per heavy atom. The molecule has 0 bridgehead atoms. The van der Waals surface area contributed by atoms with Crippen LogP contribution in [0.5, 0.6) is 5.75 Å². The maximum atomic E-state index is 14.1. The third-order valence-electron chi connectivity index (χ3n) is 6.19. The number of nitrogens with one attached hydrogen (secondary N) is 1. The number of rotatable bonds is 12. The van der Waals surface area contributed by atoms with Gasteiger partial charge in [-0.2, -0.15) is 0 Å². The number of hydrogen-bond acceptors (Lipinski definition) is 5. The van der Waals surface area contributed by atoms with E-state index in [4.69, 9.17) is 39.5 Å². The van der Waals surface area contributed by atoms with E-state index in [9.17, 15) is 18.0 Å². The molecular formula is C29H32Cl3N3O5S. The summed E-state index contributed by atoms with van der Waals surface area (Å²) in [7, 11) is -2.75. The van der Waals surface area contributed by atoms with Gasteiger partial charge < -0.3 is 15.0 Å².